The van der Waals surface area contributed by atoms with Crippen LogP contribution in [-0.4, -0.2) is 28.8 Å². The Morgan fingerprint density at radius 2 is 1.71 bits per heavy atom. The predicted octanol–water partition coefficient (Wildman–Crippen LogP) is -0.0587. The van der Waals surface area contributed by atoms with Gasteiger partial charge in [-0.1, -0.05) is 30.3 Å². The molecule has 1 rings (SSSR count). The fourth-order valence-corrected chi connectivity index (χ4v) is 0.896. The summed E-state index contributed by atoms with van der Waals surface area (Å²) in [6.07, 6.45) is 0.834. The van der Waals surface area contributed by atoms with E-state index in [9.17, 15) is 4.79 Å². The second-order valence-electron chi connectivity index (χ2n) is 2.52. The molecular weight excluding hydrogens is 183 g/mol. The molecule has 5 heteroatoms. The number of rotatable bonds is 3. The van der Waals surface area contributed by atoms with Gasteiger partial charge in [0.05, 0.1) is 0 Å². The van der Waals surface area contributed by atoms with Crippen LogP contribution in [0.1, 0.15) is 12.0 Å². The third-order valence-corrected chi connectivity index (χ3v) is 1.47. The second kappa shape index (κ2) is 8.28. The smallest absolute Gasteiger partial charge is 0.432 e. The van der Waals surface area contributed by atoms with Crippen LogP contribution in [-0.2, 0) is 11.2 Å². The lowest BCUT2D eigenvalue weighted by Crippen LogP contribution is -1.96. The number of aryl methyl sites for hydroxylation is 1. The van der Waals surface area contributed by atoms with Gasteiger partial charge in [-0.3, -0.25) is 4.79 Å². The highest BCUT2D eigenvalue weighted by molar-refractivity contribution is 6.13. The molecule has 0 spiro atoms. The maximum atomic E-state index is 10.2. The fourth-order valence-electron chi connectivity index (χ4n) is 0.896. The van der Waals surface area contributed by atoms with Crippen LogP contribution in [0.15, 0.2) is 30.3 Å². The van der Waals surface area contributed by atoms with Crippen LogP contribution in [0.3, 0.4) is 0 Å². The third kappa shape index (κ3) is 7.33. The molecule has 0 saturated heterocycles. The van der Waals surface area contributed by atoms with Crippen molar-refractivity contribution >= 4 is 13.7 Å². The van der Waals surface area contributed by atoms with E-state index in [0.29, 0.717) is 6.42 Å². The van der Waals surface area contributed by atoms with E-state index < -0.39 is 13.7 Å². The summed E-state index contributed by atoms with van der Waals surface area (Å²) in [6, 6.07) is 9.62. The number of carbonyl (C=O) groups is 1. The fraction of sp³-hybridized carbons (Fsp3) is 0.222. The first-order valence-corrected chi connectivity index (χ1v) is 4.18. The van der Waals surface area contributed by atoms with E-state index in [0.717, 1.165) is 5.56 Å². The number of hydrogen-bond donors (Lipinski definition) is 3. The molecule has 0 fully saturated rings. The molecule has 4 nitrogen and oxygen atoms in total. The van der Waals surface area contributed by atoms with E-state index in [1.807, 2.05) is 30.3 Å². The molecule has 14 heavy (non-hydrogen) atoms. The van der Waals surface area contributed by atoms with Crippen molar-refractivity contribution in [2.24, 2.45) is 0 Å². The summed E-state index contributed by atoms with van der Waals surface area (Å²) in [6.45, 7) is 0. The van der Waals surface area contributed by atoms with Crippen LogP contribution in [0.5, 0.6) is 0 Å². The van der Waals surface area contributed by atoms with E-state index in [-0.39, 0.29) is 6.42 Å². The van der Waals surface area contributed by atoms with Crippen LogP contribution in [0, 0.1) is 0 Å². The van der Waals surface area contributed by atoms with Gasteiger partial charge in [0, 0.05) is 6.42 Å². The van der Waals surface area contributed by atoms with E-state index in [2.05, 4.69) is 0 Å². The minimum absolute atomic E-state index is 0.212. The van der Waals surface area contributed by atoms with Gasteiger partial charge in [-0.2, -0.15) is 0 Å². The summed E-state index contributed by atoms with van der Waals surface area (Å²) >= 11 is 0. The number of benzene rings is 1. The van der Waals surface area contributed by atoms with Crippen LogP contribution >= 0.6 is 0 Å². The first-order chi connectivity index (χ1) is 6.70. The van der Waals surface area contributed by atoms with Gasteiger partial charge in [-0.25, -0.2) is 0 Å². The molecule has 1 aromatic carbocycles. The van der Waals surface area contributed by atoms with Crippen LogP contribution in [0.25, 0.3) is 0 Å². The second-order valence-corrected chi connectivity index (χ2v) is 2.52. The first-order valence-electron chi connectivity index (χ1n) is 4.18. The molecule has 0 aliphatic rings. The number of aliphatic carboxylic acids is 1. The van der Waals surface area contributed by atoms with Gasteiger partial charge in [0.15, 0.2) is 0 Å². The molecule has 0 aliphatic carbocycles. The maximum absolute atomic E-state index is 10.2. The zero-order chi connectivity index (χ0) is 10.8. The Labute approximate surface area is 83.1 Å². The molecule has 0 heterocycles. The van der Waals surface area contributed by atoms with Crippen molar-refractivity contribution in [1.82, 2.24) is 0 Å². The monoisotopic (exact) mass is 196 g/mol. The van der Waals surface area contributed by atoms with Crippen molar-refractivity contribution in [1.29, 1.82) is 0 Å². The van der Waals surface area contributed by atoms with Crippen molar-refractivity contribution < 1.29 is 19.9 Å². The molecule has 0 saturated carbocycles. The van der Waals surface area contributed by atoms with Crippen LogP contribution < -0.4 is 0 Å². The van der Waals surface area contributed by atoms with Crippen molar-refractivity contribution in [2.45, 2.75) is 12.8 Å². The standard InChI is InChI=1S/C9H10O2.BH3O2/c10-9(11)7-6-8-4-2-1-3-5-8;2-1-3/h1-5H,6-7H2,(H,10,11);1-3H. The summed E-state index contributed by atoms with van der Waals surface area (Å²) in [7, 11) is -0.750. The minimum Gasteiger partial charge on any atom is -0.481 e. The predicted molar refractivity (Wildman–Crippen MR) is 54.0 cm³/mol. The topological polar surface area (TPSA) is 77.8 Å². The molecule has 0 aromatic heterocycles. The molecular formula is C9H13BO4. The zero-order valence-corrected chi connectivity index (χ0v) is 7.76. The first kappa shape index (κ1) is 12.7. The van der Waals surface area contributed by atoms with E-state index in [1.54, 1.807) is 0 Å². The van der Waals surface area contributed by atoms with Crippen LogP contribution in [0.2, 0.25) is 0 Å². The summed E-state index contributed by atoms with van der Waals surface area (Å²) in [5, 5.41) is 22.6. The lowest BCUT2D eigenvalue weighted by atomic mass is 10.1. The van der Waals surface area contributed by atoms with Crippen molar-refractivity contribution in [3.05, 3.63) is 35.9 Å². The van der Waals surface area contributed by atoms with Gasteiger partial charge >= 0.3 is 13.7 Å². The highest BCUT2D eigenvalue weighted by atomic mass is 16.4. The minimum atomic E-state index is -0.750. The van der Waals surface area contributed by atoms with Gasteiger partial charge in [0.2, 0.25) is 0 Å². The SMILES string of the molecule is O=C(O)CCc1ccccc1.OBO. The Morgan fingerprint density at radius 3 is 2.14 bits per heavy atom. The zero-order valence-electron chi connectivity index (χ0n) is 7.76. The molecule has 0 atom stereocenters. The van der Waals surface area contributed by atoms with Gasteiger partial charge in [0.1, 0.15) is 0 Å². The Balaban J connectivity index is 0.000000500. The molecule has 1 aromatic rings. The van der Waals surface area contributed by atoms with E-state index >= 15 is 0 Å². The molecule has 0 unspecified atom stereocenters. The Hall–Kier alpha value is -1.33. The average Bonchev–Trinajstić information content (AvgIpc) is 2.18. The molecule has 0 amide bonds. The lowest BCUT2D eigenvalue weighted by Gasteiger charge is -1.95. The van der Waals surface area contributed by atoms with Gasteiger partial charge in [-0.05, 0) is 12.0 Å². The maximum Gasteiger partial charge on any atom is 0.432 e. The number of hydrogen-bond acceptors (Lipinski definition) is 3. The van der Waals surface area contributed by atoms with E-state index in [4.69, 9.17) is 15.2 Å². The average molecular weight is 196 g/mol. The Bertz CT molecular complexity index is 250. The number of carboxylic acid groups (broad SMARTS) is 1. The summed E-state index contributed by atoms with van der Waals surface area (Å²) in [5.41, 5.74) is 1.08. The van der Waals surface area contributed by atoms with Crippen molar-refractivity contribution in [3.8, 4) is 0 Å². The molecule has 0 radical (unpaired) electrons. The molecule has 0 aliphatic heterocycles. The van der Waals surface area contributed by atoms with E-state index in [1.165, 1.54) is 0 Å². The summed E-state index contributed by atoms with van der Waals surface area (Å²) in [5.74, 6) is -0.742. The largest absolute Gasteiger partial charge is 0.481 e. The number of carboxylic acids is 1. The molecule has 3 N–H and O–H groups in total. The third-order valence-electron chi connectivity index (χ3n) is 1.47. The van der Waals surface area contributed by atoms with Gasteiger partial charge in [0.25, 0.3) is 0 Å². The van der Waals surface area contributed by atoms with Gasteiger partial charge < -0.3 is 15.2 Å². The molecule has 76 valence electrons. The van der Waals surface area contributed by atoms with Gasteiger partial charge in [-0.15, -0.1) is 0 Å². The quantitative estimate of drug-likeness (QED) is 0.592. The Morgan fingerprint density at radius 1 is 1.21 bits per heavy atom. The van der Waals surface area contributed by atoms with Crippen molar-refractivity contribution in [2.75, 3.05) is 0 Å². The highest BCUT2D eigenvalue weighted by Crippen LogP contribution is 2.01. The normalized spacial score (nSPS) is 8.43. The highest BCUT2D eigenvalue weighted by Gasteiger charge is 1.96. The Kier molecular flexibility index (Phi) is 7.50. The lowest BCUT2D eigenvalue weighted by molar-refractivity contribution is -0.136. The summed E-state index contributed by atoms with van der Waals surface area (Å²) < 4.78 is 0. The van der Waals surface area contributed by atoms with Crippen molar-refractivity contribution in [3.63, 3.8) is 0 Å². The molecule has 0 bridgehead atoms. The van der Waals surface area contributed by atoms with Crippen LogP contribution in [0.4, 0.5) is 0 Å². The summed E-state index contributed by atoms with van der Waals surface area (Å²) in [4.78, 5) is 10.2.